The molecule has 1 heterocycles. The minimum atomic E-state index is 0.187. The van der Waals surface area contributed by atoms with Gasteiger partial charge in [0.05, 0.1) is 0 Å². The number of allylic oxidation sites excluding steroid dienone is 2. The molecular weight excluding hydrogens is 307 g/mol. The van der Waals surface area contributed by atoms with Crippen molar-refractivity contribution < 1.29 is 0 Å². The first kappa shape index (κ1) is 15.6. The standard InChI is InChI=1S/C15H16Cl2N4/c1-8(12-7-10(16)4-6-13(12)17)3-5-11-9(2)20-15(19)21-14(11)18/h3-4,6-7H,5H2,1-2H3,(H4,18,19,20,21)/b8-3-. The van der Waals surface area contributed by atoms with Crippen LogP contribution in [-0.4, -0.2) is 9.97 Å². The summed E-state index contributed by atoms with van der Waals surface area (Å²) in [7, 11) is 0. The molecule has 0 spiro atoms. The fourth-order valence-corrected chi connectivity index (χ4v) is 2.50. The topological polar surface area (TPSA) is 77.8 Å². The second-order valence-corrected chi connectivity index (χ2v) is 5.59. The third kappa shape index (κ3) is 3.65. The number of rotatable bonds is 3. The Morgan fingerprint density at radius 2 is 1.95 bits per heavy atom. The summed E-state index contributed by atoms with van der Waals surface area (Å²) in [4.78, 5) is 8.11. The van der Waals surface area contributed by atoms with E-state index in [9.17, 15) is 0 Å². The molecule has 0 radical (unpaired) electrons. The third-order valence-corrected chi connectivity index (χ3v) is 3.79. The first-order valence-electron chi connectivity index (χ1n) is 6.39. The van der Waals surface area contributed by atoms with Crippen molar-refractivity contribution >= 4 is 40.5 Å². The van der Waals surface area contributed by atoms with Gasteiger partial charge in [-0.25, -0.2) is 4.98 Å². The van der Waals surface area contributed by atoms with Gasteiger partial charge in [-0.1, -0.05) is 29.3 Å². The Morgan fingerprint density at radius 1 is 1.24 bits per heavy atom. The van der Waals surface area contributed by atoms with E-state index in [1.807, 2.05) is 26.0 Å². The molecule has 2 rings (SSSR count). The number of hydrogen-bond donors (Lipinski definition) is 2. The molecule has 6 heteroatoms. The molecule has 4 N–H and O–H groups in total. The van der Waals surface area contributed by atoms with Crippen LogP contribution in [-0.2, 0) is 6.42 Å². The highest BCUT2D eigenvalue weighted by Crippen LogP contribution is 2.27. The molecule has 0 aliphatic heterocycles. The van der Waals surface area contributed by atoms with Crippen LogP contribution in [0.3, 0.4) is 0 Å². The maximum atomic E-state index is 6.19. The van der Waals surface area contributed by atoms with Crippen LogP contribution >= 0.6 is 23.2 Å². The van der Waals surface area contributed by atoms with E-state index in [1.165, 1.54) is 0 Å². The molecule has 21 heavy (non-hydrogen) atoms. The molecular formula is C15H16Cl2N4. The van der Waals surface area contributed by atoms with Crippen LogP contribution in [0.4, 0.5) is 11.8 Å². The van der Waals surface area contributed by atoms with E-state index in [2.05, 4.69) is 9.97 Å². The van der Waals surface area contributed by atoms with Crippen LogP contribution in [0.5, 0.6) is 0 Å². The summed E-state index contributed by atoms with van der Waals surface area (Å²) in [6, 6.07) is 5.38. The lowest BCUT2D eigenvalue weighted by molar-refractivity contribution is 1.05. The SMILES string of the molecule is C/C(=C/Cc1c(C)nc(N)nc1N)c1cc(Cl)ccc1Cl. The monoisotopic (exact) mass is 322 g/mol. The minimum absolute atomic E-state index is 0.187. The van der Waals surface area contributed by atoms with E-state index >= 15 is 0 Å². The predicted molar refractivity (Wildman–Crippen MR) is 89.4 cm³/mol. The molecule has 0 aliphatic carbocycles. The van der Waals surface area contributed by atoms with Crippen LogP contribution in [0, 0.1) is 6.92 Å². The summed E-state index contributed by atoms with van der Waals surface area (Å²) in [5, 5.41) is 1.31. The summed E-state index contributed by atoms with van der Waals surface area (Å²) in [6.45, 7) is 3.83. The molecule has 0 fully saturated rings. The van der Waals surface area contributed by atoms with Crippen LogP contribution < -0.4 is 11.5 Å². The normalized spacial score (nSPS) is 11.7. The van der Waals surface area contributed by atoms with Gasteiger partial charge in [-0.05, 0) is 49.6 Å². The molecule has 1 aromatic heterocycles. The highest BCUT2D eigenvalue weighted by atomic mass is 35.5. The average molecular weight is 323 g/mol. The number of hydrogen-bond acceptors (Lipinski definition) is 4. The Kier molecular flexibility index (Phi) is 4.70. The Labute approximate surface area is 133 Å². The zero-order valence-electron chi connectivity index (χ0n) is 11.8. The Hall–Kier alpha value is -1.78. The average Bonchev–Trinajstić information content (AvgIpc) is 2.40. The van der Waals surface area contributed by atoms with Crippen molar-refractivity contribution in [1.29, 1.82) is 0 Å². The van der Waals surface area contributed by atoms with Crippen molar-refractivity contribution in [3.8, 4) is 0 Å². The number of nitrogen functional groups attached to an aromatic ring is 2. The van der Waals surface area contributed by atoms with Gasteiger partial charge < -0.3 is 11.5 Å². The summed E-state index contributed by atoms with van der Waals surface area (Å²) < 4.78 is 0. The lowest BCUT2D eigenvalue weighted by Gasteiger charge is -2.09. The van der Waals surface area contributed by atoms with Crippen LogP contribution in [0.25, 0.3) is 5.57 Å². The number of benzene rings is 1. The van der Waals surface area contributed by atoms with Crippen molar-refractivity contribution in [2.45, 2.75) is 20.3 Å². The molecule has 2 aromatic rings. The van der Waals surface area contributed by atoms with Gasteiger partial charge in [0.15, 0.2) is 0 Å². The fourth-order valence-electron chi connectivity index (χ4n) is 2.06. The van der Waals surface area contributed by atoms with E-state index < -0.39 is 0 Å². The van der Waals surface area contributed by atoms with Crippen molar-refractivity contribution in [3.05, 3.63) is 51.1 Å². The number of aryl methyl sites for hydroxylation is 1. The lowest BCUT2D eigenvalue weighted by Crippen LogP contribution is -2.06. The first-order chi connectivity index (χ1) is 9.88. The maximum Gasteiger partial charge on any atom is 0.222 e. The van der Waals surface area contributed by atoms with Gasteiger partial charge in [0.2, 0.25) is 5.95 Å². The van der Waals surface area contributed by atoms with Gasteiger partial charge in [-0.2, -0.15) is 4.98 Å². The van der Waals surface area contributed by atoms with Gasteiger partial charge in [0.25, 0.3) is 0 Å². The number of nitrogens with two attached hydrogens (primary N) is 2. The van der Waals surface area contributed by atoms with E-state index in [-0.39, 0.29) is 5.95 Å². The second kappa shape index (κ2) is 6.33. The zero-order valence-corrected chi connectivity index (χ0v) is 13.3. The van der Waals surface area contributed by atoms with Crippen LogP contribution in [0.2, 0.25) is 10.0 Å². The second-order valence-electron chi connectivity index (χ2n) is 4.75. The number of anilines is 2. The van der Waals surface area contributed by atoms with E-state index in [4.69, 9.17) is 34.7 Å². The molecule has 0 saturated heterocycles. The van der Waals surface area contributed by atoms with Gasteiger partial charge in [0.1, 0.15) is 5.82 Å². The fraction of sp³-hybridized carbons (Fsp3) is 0.200. The van der Waals surface area contributed by atoms with Crippen molar-refractivity contribution in [3.63, 3.8) is 0 Å². The molecule has 0 saturated carbocycles. The summed E-state index contributed by atoms with van der Waals surface area (Å²) in [6.07, 6.45) is 2.63. The molecule has 0 amide bonds. The van der Waals surface area contributed by atoms with Gasteiger partial charge in [-0.15, -0.1) is 0 Å². The number of nitrogens with zero attached hydrogens (tertiary/aromatic N) is 2. The maximum absolute atomic E-state index is 6.19. The van der Waals surface area contributed by atoms with Gasteiger partial charge in [-0.3, -0.25) is 0 Å². The lowest BCUT2D eigenvalue weighted by atomic mass is 10.0. The quantitative estimate of drug-likeness (QED) is 0.898. The third-order valence-electron chi connectivity index (χ3n) is 3.23. The predicted octanol–water partition coefficient (Wildman–Crippen LogP) is 3.90. The molecule has 110 valence electrons. The van der Waals surface area contributed by atoms with E-state index in [1.54, 1.807) is 12.1 Å². The van der Waals surface area contributed by atoms with Gasteiger partial charge in [0, 0.05) is 21.3 Å². The highest BCUT2D eigenvalue weighted by molar-refractivity contribution is 6.34. The minimum Gasteiger partial charge on any atom is -0.383 e. The van der Waals surface area contributed by atoms with E-state index in [0.29, 0.717) is 22.3 Å². The summed E-state index contributed by atoms with van der Waals surface area (Å²) >= 11 is 12.2. The molecule has 0 unspecified atom stereocenters. The summed E-state index contributed by atoms with van der Waals surface area (Å²) in [5.41, 5.74) is 15.0. The molecule has 0 bridgehead atoms. The number of halogens is 2. The van der Waals surface area contributed by atoms with Crippen LogP contribution in [0.15, 0.2) is 24.3 Å². The first-order valence-corrected chi connectivity index (χ1v) is 7.14. The molecule has 4 nitrogen and oxygen atoms in total. The van der Waals surface area contributed by atoms with E-state index in [0.717, 1.165) is 22.4 Å². The molecule has 1 aromatic carbocycles. The van der Waals surface area contributed by atoms with Crippen molar-refractivity contribution in [2.24, 2.45) is 0 Å². The molecule has 0 atom stereocenters. The Morgan fingerprint density at radius 3 is 2.62 bits per heavy atom. The van der Waals surface area contributed by atoms with Crippen LogP contribution in [0.1, 0.15) is 23.7 Å². The Balaban J connectivity index is 2.31. The van der Waals surface area contributed by atoms with Crippen molar-refractivity contribution in [1.82, 2.24) is 9.97 Å². The van der Waals surface area contributed by atoms with Crippen molar-refractivity contribution in [2.75, 3.05) is 11.5 Å². The largest absolute Gasteiger partial charge is 0.383 e. The van der Waals surface area contributed by atoms with Gasteiger partial charge >= 0.3 is 0 Å². The smallest absolute Gasteiger partial charge is 0.222 e. The summed E-state index contributed by atoms with van der Waals surface area (Å²) in [5.74, 6) is 0.591. The number of aromatic nitrogens is 2. The zero-order chi connectivity index (χ0) is 15.6. The molecule has 0 aliphatic rings. The highest BCUT2D eigenvalue weighted by Gasteiger charge is 2.08. The Bertz CT molecular complexity index is 688.